The highest BCUT2D eigenvalue weighted by Gasteiger charge is 2.30. The van der Waals surface area contributed by atoms with Crippen LogP contribution in [0.3, 0.4) is 0 Å². The lowest BCUT2D eigenvalue weighted by Gasteiger charge is -2.34. The van der Waals surface area contributed by atoms with Crippen LogP contribution in [0.15, 0.2) is 53.5 Å². The molecule has 6 nitrogen and oxygen atoms in total. The van der Waals surface area contributed by atoms with Crippen molar-refractivity contribution in [3.63, 3.8) is 0 Å². The number of aromatic nitrogens is 2. The number of aromatic amines is 1. The van der Waals surface area contributed by atoms with Crippen LogP contribution in [-0.2, 0) is 12.8 Å². The summed E-state index contributed by atoms with van der Waals surface area (Å²) in [6.07, 6.45) is 9.22. The minimum atomic E-state index is -0.805. The summed E-state index contributed by atoms with van der Waals surface area (Å²) in [5, 5.41) is 4.38. The van der Waals surface area contributed by atoms with Crippen molar-refractivity contribution in [3.05, 3.63) is 86.5 Å². The number of carbonyl (C=O) groups excluding carboxylic acids is 1. The van der Waals surface area contributed by atoms with Gasteiger partial charge in [-0.2, -0.15) is 0 Å². The lowest BCUT2D eigenvalue weighted by molar-refractivity contribution is 0.0934. The first kappa shape index (κ1) is 29.7. The second kappa shape index (κ2) is 12.3. The van der Waals surface area contributed by atoms with Gasteiger partial charge in [0.1, 0.15) is 4.83 Å². The van der Waals surface area contributed by atoms with E-state index in [0.29, 0.717) is 16.4 Å². The Morgan fingerprint density at radius 3 is 2.60 bits per heavy atom. The number of piperidine rings is 1. The highest BCUT2D eigenvalue weighted by Crippen LogP contribution is 2.38. The number of aryl methyl sites for hydroxylation is 1. The van der Waals surface area contributed by atoms with Crippen molar-refractivity contribution in [2.75, 3.05) is 19.6 Å². The van der Waals surface area contributed by atoms with Crippen LogP contribution >= 0.6 is 11.3 Å². The van der Waals surface area contributed by atoms with Gasteiger partial charge in [0.25, 0.3) is 11.5 Å². The van der Waals surface area contributed by atoms with Gasteiger partial charge in [0.2, 0.25) is 0 Å². The van der Waals surface area contributed by atoms with Crippen molar-refractivity contribution < 1.29 is 9.18 Å². The number of halogens is 1. The van der Waals surface area contributed by atoms with Crippen LogP contribution in [0.1, 0.15) is 85.4 Å². The number of amides is 1. The molecule has 2 aliphatic rings. The van der Waals surface area contributed by atoms with Crippen molar-refractivity contribution in [3.8, 4) is 11.1 Å². The zero-order valence-electron chi connectivity index (χ0n) is 25.3. The molecule has 1 saturated heterocycles. The van der Waals surface area contributed by atoms with E-state index in [0.717, 1.165) is 66.7 Å². The van der Waals surface area contributed by atoms with Crippen LogP contribution in [0.25, 0.3) is 21.3 Å². The molecule has 43 heavy (non-hydrogen) atoms. The summed E-state index contributed by atoms with van der Waals surface area (Å²) in [4.78, 5) is 36.7. The number of benzene rings is 1. The fourth-order valence-electron chi connectivity index (χ4n) is 6.55. The number of thiophene rings is 1. The van der Waals surface area contributed by atoms with Gasteiger partial charge in [-0.05, 0) is 97.8 Å². The smallest absolute Gasteiger partial charge is 0.283 e. The van der Waals surface area contributed by atoms with E-state index < -0.39 is 11.4 Å². The van der Waals surface area contributed by atoms with E-state index in [9.17, 15) is 14.0 Å². The van der Waals surface area contributed by atoms with Gasteiger partial charge in [-0.25, -0.2) is 9.37 Å². The minimum absolute atomic E-state index is 0.0797. The maximum absolute atomic E-state index is 13.9. The highest BCUT2D eigenvalue weighted by molar-refractivity contribution is 7.20. The molecule has 1 aliphatic heterocycles. The molecule has 2 atom stereocenters. The third kappa shape index (κ3) is 6.75. The van der Waals surface area contributed by atoms with Crippen LogP contribution in [0, 0.1) is 17.2 Å². The Hall–Kier alpha value is -3.36. The van der Waals surface area contributed by atoms with Crippen LogP contribution in [-0.4, -0.2) is 40.4 Å². The Balaban J connectivity index is 1.22. The Kier molecular flexibility index (Phi) is 8.51. The summed E-state index contributed by atoms with van der Waals surface area (Å²) in [5.41, 5.74) is 4.45. The Morgan fingerprint density at radius 1 is 1.12 bits per heavy atom. The molecule has 0 spiro atoms. The van der Waals surface area contributed by atoms with Crippen LogP contribution in [0.2, 0.25) is 0 Å². The van der Waals surface area contributed by atoms with E-state index in [1.54, 1.807) is 0 Å². The zero-order valence-corrected chi connectivity index (χ0v) is 26.2. The molecule has 8 heteroatoms. The van der Waals surface area contributed by atoms with Crippen molar-refractivity contribution >= 4 is 27.5 Å². The molecule has 2 N–H and O–H groups in total. The number of hydrogen-bond acceptors (Lipinski definition) is 5. The molecule has 0 bridgehead atoms. The van der Waals surface area contributed by atoms with E-state index in [1.807, 2.05) is 30.3 Å². The summed E-state index contributed by atoms with van der Waals surface area (Å²) >= 11 is 1.47. The number of rotatable bonds is 7. The van der Waals surface area contributed by atoms with E-state index in [2.05, 4.69) is 42.0 Å². The predicted octanol–water partition coefficient (Wildman–Crippen LogP) is 7.29. The fraction of sp³-hybridized carbons (Fsp3) is 0.457. The van der Waals surface area contributed by atoms with Crippen LogP contribution < -0.4 is 10.9 Å². The van der Waals surface area contributed by atoms with Crippen molar-refractivity contribution in [1.29, 1.82) is 0 Å². The quantitative estimate of drug-likeness (QED) is 0.234. The summed E-state index contributed by atoms with van der Waals surface area (Å²) in [7, 11) is 0. The Labute approximate surface area is 256 Å². The number of carbonyl (C=O) groups is 1. The molecule has 1 amide bonds. The summed E-state index contributed by atoms with van der Waals surface area (Å²) in [6.45, 7) is 10.1. The van der Waals surface area contributed by atoms with E-state index in [1.165, 1.54) is 54.1 Å². The standard InChI is InChI=1S/C35H41FN4O2S/c1-35(2,3)27-11-12-29-24(18-27)17-25-20-31(43-34(25)39-29)33(42)38-30(13-16-40-14-5-4-6-15-40)23-9-7-22(8-10-23)26-19-28(36)32(41)37-21-26/h7-10,17,19-21,27,30H,4-6,11-16,18H2,1-3H3,(H,37,41)(H,38,42)/t27-,30?/m0/s1. The first-order chi connectivity index (χ1) is 20.6. The van der Waals surface area contributed by atoms with E-state index in [-0.39, 0.29) is 17.4 Å². The Bertz CT molecular complexity index is 1660. The minimum Gasteiger partial charge on any atom is -0.344 e. The van der Waals surface area contributed by atoms with Gasteiger partial charge >= 0.3 is 0 Å². The summed E-state index contributed by atoms with van der Waals surface area (Å²) in [5.74, 6) is -0.249. The molecule has 3 aromatic heterocycles. The molecule has 0 saturated carbocycles. The van der Waals surface area contributed by atoms with Crippen molar-refractivity contribution in [1.82, 2.24) is 20.2 Å². The van der Waals surface area contributed by atoms with Gasteiger partial charge in [-0.1, -0.05) is 51.5 Å². The topological polar surface area (TPSA) is 78.1 Å². The molecule has 226 valence electrons. The molecule has 4 heterocycles. The first-order valence-corrected chi connectivity index (χ1v) is 16.4. The molecule has 0 radical (unpaired) electrons. The molecule has 4 aromatic rings. The maximum Gasteiger partial charge on any atom is 0.283 e. The molecule has 1 aliphatic carbocycles. The normalized spacial score (nSPS) is 18.4. The molecular formula is C35H41FN4O2S. The Morgan fingerprint density at radius 2 is 1.88 bits per heavy atom. The van der Waals surface area contributed by atoms with Gasteiger partial charge in [0, 0.05) is 29.4 Å². The number of H-pyrrole nitrogens is 1. The lowest BCUT2D eigenvalue weighted by Crippen LogP contribution is -2.35. The SMILES string of the molecule is CC(C)(C)[C@H]1CCc2nc3sc(C(=O)NC(CCN4CCCCC4)c4ccc(-c5c[nH]c(=O)c(F)c5)cc4)cc3cc2C1. The van der Waals surface area contributed by atoms with Gasteiger partial charge in [-0.15, -0.1) is 11.3 Å². The molecule has 1 unspecified atom stereocenters. The first-order valence-electron chi connectivity index (χ1n) is 15.6. The van der Waals surface area contributed by atoms with E-state index >= 15 is 0 Å². The van der Waals surface area contributed by atoms with Crippen LogP contribution in [0.5, 0.6) is 0 Å². The fourth-order valence-corrected chi connectivity index (χ4v) is 7.49. The number of likely N-dealkylation sites (tertiary alicyclic amines) is 1. The van der Waals surface area contributed by atoms with Crippen molar-refractivity contribution in [2.24, 2.45) is 11.3 Å². The van der Waals surface area contributed by atoms with Crippen molar-refractivity contribution in [2.45, 2.75) is 71.8 Å². The van der Waals surface area contributed by atoms with E-state index in [4.69, 9.17) is 4.98 Å². The molecule has 1 aromatic carbocycles. The van der Waals surface area contributed by atoms with Crippen LogP contribution in [0.4, 0.5) is 4.39 Å². The second-order valence-corrected chi connectivity index (χ2v) is 14.3. The number of pyridine rings is 2. The number of hydrogen-bond donors (Lipinski definition) is 2. The molecule has 1 fully saturated rings. The average molecular weight is 601 g/mol. The van der Waals surface area contributed by atoms with Gasteiger partial charge < -0.3 is 15.2 Å². The van der Waals surface area contributed by atoms with Gasteiger partial charge in [0.05, 0.1) is 10.9 Å². The van der Waals surface area contributed by atoms with Gasteiger partial charge in [0.15, 0.2) is 5.82 Å². The number of nitrogens with one attached hydrogen (secondary N) is 2. The molecular weight excluding hydrogens is 559 g/mol. The largest absolute Gasteiger partial charge is 0.344 e. The predicted molar refractivity (Wildman–Crippen MR) is 172 cm³/mol. The third-order valence-electron chi connectivity index (χ3n) is 9.31. The maximum atomic E-state index is 13.9. The second-order valence-electron chi connectivity index (χ2n) is 13.3. The lowest BCUT2D eigenvalue weighted by atomic mass is 9.71. The van der Waals surface area contributed by atoms with Gasteiger partial charge in [-0.3, -0.25) is 9.59 Å². The number of nitrogens with zero attached hydrogens (tertiary/aromatic N) is 2. The highest BCUT2D eigenvalue weighted by atomic mass is 32.1. The summed E-state index contributed by atoms with van der Waals surface area (Å²) in [6, 6.07) is 13.2. The average Bonchev–Trinajstić information content (AvgIpc) is 3.42. The monoisotopic (exact) mass is 600 g/mol. The zero-order chi connectivity index (χ0) is 30.1. The third-order valence-corrected chi connectivity index (χ3v) is 10.4. The summed E-state index contributed by atoms with van der Waals surface area (Å²) < 4.78 is 13.9. The number of fused-ring (bicyclic) bond motifs is 2. The molecule has 6 rings (SSSR count).